The van der Waals surface area contributed by atoms with Crippen LogP contribution in [0.25, 0.3) is 22.0 Å². The number of hydrogen-bond donors (Lipinski definition) is 0. The lowest BCUT2D eigenvalue weighted by molar-refractivity contribution is -0.131. The Morgan fingerprint density at radius 3 is 2.35 bits per heavy atom. The lowest BCUT2D eigenvalue weighted by atomic mass is 10.0. The average Bonchev–Trinajstić information content (AvgIpc) is 2.47. The van der Waals surface area contributed by atoms with Gasteiger partial charge in [-0.1, -0.05) is 30.3 Å². The summed E-state index contributed by atoms with van der Waals surface area (Å²) >= 11 is 0. The number of benzene rings is 2. The Morgan fingerprint density at radius 1 is 1.00 bits per heavy atom. The molecule has 0 unspecified atom stereocenters. The van der Waals surface area contributed by atoms with Gasteiger partial charge in [-0.05, 0) is 35.0 Å². The number of esters is 1. The van der Waals surface area contributed by atoms with Crippen LogP contribution in [0.2, 0.25) is 0 Å². The predicted octanol–water partition coefficient (Wildman–Crippen LogP) is 3.83. The molecule has 1 aromatic heterocycles. The number of fused-ring (bicyclic) bond motifs is 1. The maximum atomic E-state index is 11.3. The van der Waals surface area contributed by atoms with E-state index in [1.807, 2.05) is 54.6 Å². The smallest absolute Gasteiger partial charge is 0.308 e. The first-order valence-electron chi connectivity index (χ1n) is 6.36. The van der Waals surface area contributed by atoms with E-state index in [1.165, 1.54) is 6.92 Å². The molecule has 98 valence electrons. The summed E-state index contributed by atoms with van der Waals surface area (Å²) in [6.45, 7) is 1.40. The van der Waals surface area contributed by atoms with E-state index in [1.54, 1.807) is 6.20 Å². The fourth-order valence-electron chi connectivity index (χ4n) is 2.18. The van der Waals surface area contributed by atoms with Gasteiger partial charge in [0.05, 0.1) is 5.69 Å². The van der Waals surface area contributed by atoms with Crippen molar-refractivity contribution in [2.45, 2.75) is 6.92 Å². The summed E-state index contributed by atoms with van der Waals surface area (Å²) in [5, 5.41) is 2.12. The minimum absolute atomic E-state index is 0.336. The number of carbonyl (C=O) groups is 1. The third-order valence-electron chi connectivity index (χ3n) is 3.04. The quantitative estimate of drug-likeness (QED) is 0.521. The second-order valence-electron chi connectivity index (χ2n) is 4.50. The molecule has 1 heterocycles. The van der Waals surface area contributed by atoms with E-state index in [4.69, 9.17) is 4.74 Å². The van der Waals surface area contributed by atoms with Gasteiger partial charge in [0, 0.05) is 18.7 Å². The fourth-order valence-corrected chi connectivity index (χ4v) is 2.18. The molecule has 0 atom stereocenters. The Hall–Kier alpha value is -2.68. The molecule has 0 amide bonds. The first-order valence-corrected chi connectivity index (χ1v) is 6.36. The highest BCUT2D eigenvalue weighted by atomic mass is 16.5. The molecule has 20 heavy (non-hydrogen) atoms. The molecule has 0 N–H and O–H groups in total. The molecular formula is C17H13NO2. The van der Waals surface area contributed by atoms with Crippen molar-refractivity contribution in [2.75, 3.05) is 0 Å². The maximum absolute atomic E-state index is 11.3. The number of rotatable bonds is 2. The minimum Gasteiger partial charge on any atom is -0.426 e. The Balaban J connectivity index is 2.24. The molecule has 0 fully saturated rings. The second-order valence-corrected chi connectivity index (χ2v) is 4.50. The van der Waals surface area contributed by atoms with Crippen LogP contribution in [-0.4, -0.2) is 11.0 Å². The van der Waals surface area contributed by atoms with E-state index in [2.05, 4.69) is 4.98 Å². The molecular weight excluding hydrogens is 250 g/mol. The zero-order chi connectivity index (χ0) is 13.9. The molecule has 3 rings (SSSR count). The summed E-state index contributed by atoms with van der Waals surface area (Å²) in [4.78, 5) is 15.6. The minimum atomic E-state index is -0.336. The summed E-state index contributed by atoms with van der Waals surface area (Å²) in [5.41, 5.74) is 1.61. The number of hydrogen-bond acceptors (Lipinski definition) is 3. The Kier molecular flexibility index (Phi) is 3.17. The summed E-state index contributed by atoms with van der Waals surface area (Å²) < 4.78 is 5.33. The van der Waals surface area contributed by atoms with E-state index in [9.17, 15) is 4.79 Å². The molecule has 0 aliphatic heterocycles. The van der Waals surface area contributed by atoms with Gasteiger partial charge in [0.25, 0.3) is 0 Å². The lowest BCUT2D eigenvalue weighted by Crippen LogP contribution is -2.03. The molecule has 3 nitrogen and oxygen atoms in total. The zero-order valence-corrected chi connectivity index (χ0v) is 11.0. The molecule has 3 aromatic rings. The summed E-state index contributed by atoms with van der Waals surface area (Å²) in [6, 6.07) is 17.5. The SMILES string of the molecule is CC(=O)Oc1cc2ccccc2cc1-c1ccccn1. The van der Waals surface area contributed by atoms with Crippen molar-refractivity contribution in [2.24, 2.45) is 0 Å². The first kappa shape index (κ1) is 12.4. The molecule has 0 radical (unpaired) electrons. The standard InChI is InChI=1S/C17H13NO2/c1-12(19)20-17-11-14-7-3-2-6-13(14)10-15(17)16-8-4-5-9-18-16/h2-11H,1H3. The molecule has 0 aliphatic rings. The van der Waals surface area contributed by atoms with Crippen molar-refractivity contribution < 1.29 is 9.53 Å². The van der Waals surface area contributed by atoms with Gasteiger partial charge in [0.1, 0.15) is 5.75 Å². The van der Waals surface area contributed by atoms with Gasteiger partial charge in [-0.15, -0.1) is 0 Å². The van der Waals surface area contributed by atoms with Crippen LogP contribution in [0.5, 0.6) is 5.75 Å². The van der Waals surface area contributed by atoms with Crippen LogP contribution < -0.4 is 4.74 Å². The molecule has 0 bridgehead atoms. The van der Waals surface area contributed by atoms with Crippen molar-refractivity contribution in [1.29, 1.82) is 0 Å². The van der Waals surface area contributed by atoms with Gasteiger partial charge >= 0.3 is 5.97 Å². The van der Waals surface area contributed by atoms with E-state index in [-0.39, 0.29) is 5.97 Å². The number of carbonyl (C=O) groups excluding carboxylic acids is 1. The maximum Gasteiger partial charge on any atom is 0.308 e. The highest BCUT2D eigenvalue weighted by molar-refractivity contribution is 5.91. The predicted molar refractivity (Wildman–Crippen MR) is 78.5 cm³/mol. The largest absolute Gasteiger partial charge is 0.426 e. The van der Waals surface area contributed by atoms with Crippen molar-refractivity contribution in [3.63, 3.8) is 0 Å². The van der Waals surface area contributed by atoms with Crippen molar-refractivity contribution >= 4 is 16.7 Å². The van der Waals surface area contributed by atoms with E-state index >= 15 is 0 Å². The van der Waals surface area contributed by atoms with Crippen molar-refractivity contribution in [3.8, 4) is 17.0 Å². The van der Waals surface area contributed by atoms with Crippen LogP contribution in [0.1, 0.15) is 6.92 Å². The molecule has 0 saturated heterocycles. The topological polar surface area (TPSA) is 39.2 Å². The van der Waals surface area contributed by atoms with Crippen LogP contribution >= 0.6 is 0 Å². The van der Waals surface area contributed by atoms with E-state index < -0.39 is 0 Å². The third-order valence-corrected chi connectivity index (χ3v) is 3.04. The van der Waals surface area contributed by atoms with Crippen LogP contribution in [0.15, 0.2) is 60.8 Å². The van der Waals surface area contributed by atoms with Crippen LogP contribution in [0.4, 0.5) is 0 Å². The van der Waals surface area contributed by atoms with Gasteiger partial charge < -0.3 is 4.74 Å². The van der Waals surface area contributed by atoms with Gasteiger partial charge in [-0.25, -0.2) is 0 Å². The van der Waals surface area contributed by atoms with Crippen molar-refractivity contribution in [3.05, 3.63) is 60.8 Å². The van der Waals surface area contributed by atoms with Gasteiger partial charge in [-0.3, -0.25) is 9.78 Å². The molecule has 0 aliphatic carbocycles. The Morgan fingerprint density at radius 2 is 1.70 bits per heavy atom. The second kappa shape index (κ2) is 5.13. The number of pyridine rings is 1. The molecule has 0 saturated carbocycles. The Bertz CT molecular complexity index is 766. The monoisotopic (exact) mass is 263 g/mol. The summed E-state index contributed by atoms with van der Waals surface area (Å²) in [6.07, 6.45) is 1.72. The van der Waals surface area contributed by atoms with E-state index in [0.717, 1.165) is 22.0 Å². The molecule has 0 spiro atoms. The number of ether oxygens (including phenoxy) is 1. The third kappa shape index (κ3) is 2.38. The van der Waals surface area contributed by atoms with E-state index in [0.29, 0.717) is 5.75 Å². The van der Waals surface area contributed by atoms with Gasteiger partial charge in [-0.2, -0.15) is 0 Å². The van der Waals surface area contributed by atoms with Crippen LogP contribution in [0.3, 0.4) is 0 Å². The lowest BCUT2D eigenvalue weighted by Gasteiger charge is -2.10. The highest BCUT2D eigenvalue weighted by Crippen LogP contribution is 2.33. The average molecular weight is 263 g/mol. The Labute approximate surface area is 116 Å². The van der Waals surface area contributed by atoms with Crippen LogP contribution in [0, 0.1) is 0 Å². The number of nitrogens with zero attached hydrogens (tertiary/aromatic N) is 1. The van der Waals surface area contributed by atoms with Gasteiger partial charge in [0.15, 0.2) is 0 Å². The molecule has 3 heteroatoms. The van der Waals surface area contributed by atoms with Crippen molar-refractivity contribution in [1.82, 2.24) is 4.98 Å². The zero-order valence-electron chi connectivity index (χ0n) is 11.0. The van der Waals surface area contributed by atoms with Crippen LogP contribution in [-0.2, 0) is 4.79 Å². The number of aromatic nitrogens is 1. The summed E-state index contributed by atoms with van der Waals surface area (Å²) in [7, 11) is 0. The summed E-state index contributed by atoms with van der Waals surface area (Å²) in [5.74, 6) is 0.201. The fraction of sp³-hybridized carbons (Fsp3) is 0.0588. The van der Waals surface area contributed by atoms with Gasteiger partial charge in [0.2, 0.25) is 0 Å². The first-order chi connectivity index (χ1) is 9.74. The molecule has 2 aromatic carbocycles. The normalized spacial score (nSPS) is 10.4. The highest BCUT2D eigenvalue weighted by Gasteiger charge is 2.11.